The molecule has 0 radical (unpaired) electrons. The van der Waals surface area contributed by atoms with Gasteiger partial charge in [-0.25, -0.2) is 4.79 Å². The predicted octanol–water partition coefficient (Wildman–Crippen LogP) is -1.22. The van der Waals surface area contributed by atoms with Crippen LogP contribution >= 0.6 is 0 Å². The second kappa shape index (κ2) is 2.44. The average Bonchev–Trinajstić information content (AvgIpc) is 2.27. The summed E-state index contributed by atoms with van der Waals surface area (Å²) in [6.45, 7) is 1.15. The monoisotopic (exact) mass is 159 g/mol. The van der Waals surface area contributed by atoms with E-state index in [0.29, 0.717) is 13.1 Å². The number of hydrogen-bond donors (Lipinski definition) is 2. The highest BCUT2D eigenvalue weighted by molar-refractivity contribution is 5.73. The van der Waals surface area contributed by atoms with Gasteiger partial charge in [0.1, 0.15) is 6.10 Å². The first kappa shape index (κ1) is 7.02. The number of rotatable bonds is 1. The van der Waals surface area contributed by atoms with Crippen molar-refractivity contribution in [3.05, 3.63) is 0 Å². The van der Waals surface area contributed by atoms with E-state index in [0.717, 1.165) is 0 Å². The van der Waals surface area contributed by atoms with Crippen LogP contribution in [0.25, 0.3) is 0 Å². The highest BCUT2D eigenvalue weighted by Crippen LogP contribution is 2.21. The lowest BCUT2D eigenvalue weighted by molar-refractivity contribution is -0.149. The maximum Gasteiger partial charge on any atom is 0.335 e. The summed E-state index contributed by atoms with van der Waals surface area (Å²) in [5.41, 5.74) is 0. The van der Waals surface area contributed by atoms with Gasteiger partial charge in [0.05, 0.1) is 0 Å². The fourth-order valence-corrected chi connectivity index (χ4v) is 1.36. The molecule has 0 aliphatic carbocycles. The first-order valence-corrected chi connectivity index (χ1v) is 3.52. The summed E-state index contributed by atoms with van der Waals surface area (Å²) in [6, 6.07) is 0. The van der Waals surface area contributed by atoms with E-state index in [-0.39, 0.29) is 12.4 Å². The Labute approximate surface area is 63.3 Å². The fourth-order valence-electron chi connectivity index (χ4n) is 1.36. The van der Waals surface area contributed by atoms with E-state index in [1.165, 1.54) is 0 Å². The van der Waals surface area contributed by atoms with Crippen LogP contribution in [0.5, 0.6) is 0 Å². The van der Waals surface area contributed by atoms with Crippen LogP contribution in [0.15, 0.2) is 0 Å². The Kier molecular flexibility index (Phi) is 1.56. The molecule has 2 heterocycles. The molecule has 2 fully saturated rings. The minimum atomic E-state index is -0.943. The summed E-state index contributed by atoms with van der Waals surface area (Å²) in [4.78, 5) is 10.5. The summed E-state index contributed by atoms with van der Waals surface area (Å²) in [5.74, 6) is -0.943. The molecule has 2 bridgehead atoms. The van der Waals surface area contributed by atoms with E-state index < -0.39 is 12.1 Å². The van der Waals surface area contributed by atoms with Crippen molar-refractivity contribution in [2.24, 2.45) is 0 Å². The highest BCUT2D eigenvalue weighted by atomic mass is 16.7. The summed E-state index contributed by atoms with van der Waals surface area (Å²) in [5, 5.41) is 11.6. The molecular formula is C6H9NO4. The lowest BCUT2D eigenvalue weighted by Gasteiger charge is -2.18. The maximum absolute atomic E-state index is 10.5. The maximum atomic E-state index is 10.5. The number of morpholine rings is 1. The summed E-state index contributed by atoms with van der Waals surface area (Å²) in [6.07, 6.45) is -1.46. The number of aliphatic carboxylic acids is 1. The second-order valence-corrected chi connectivity index (χ2v) is 2.66. The average molecular weight is 159 g/mol. The Morgan fingerprint density at radius 3 is 2.91 bits per heavy atom. The molecule has 11 heavy (non-hydrogen) atoms. The molecule has 5 nitrogen and oxygen atoms in total. The molecule has 0 saturated carbocycles. The Hall–Kier alpha value is -0.650. The van der Waals surface area contributed by atoms with Crippen LogP contribution in [0, 0.1) is 0 Å². The number of carboxylic acids is 1. The lowest BCUT2D eigenvalue weighted by atomic mass is 10.2. The van der Waals surface area contributed by atoms with Gasteiger partial charge in [0, 0.05) is 13.1 Å². The van der Waals surface area contributed by atoms with E-state index in [2.05, 4.69) is 5.32 Å². The van der Waals surface area contributed by atoms with Crippen molar-refractivity contribution in [3.8, 4) is 0 Å². The highest BCUT2D eigenvalue weighted by Gasteiger charge is 2.43. The van der Waals surface area contributed by atoms with Crippen molar-refractivity contribution >= 4 is 5.97 Å². The summed E-state index contributed by atoms with van der Waals surface area (Å²) in [7, 11) is 0. The van der Waals surface area contributed by atoms with Gasteiger partial charge in [-0.15, -0.1) is 0 Å². The standard InChI is InChI=1S/C6H9NO4/c8-6(9)5-3-1-7-2-4(10-3)11-5/h3-5,7H,1-2H2,(H,8,9). The SMILES string of the molecule is O=C(O)C1OC2CNCC1O2. The molecule has 0 aromatic rings. The Morgan fingerprint density at radius 2 is 2.27 bits per heavy atom. The number of carboxylic acid groups (broad SMARTS) is 1. The molecule has 2 aliphatic heterocycles. The molecule has 2 rings (SSSR count). The minimum absolute atomic E-state index is 0.314. The smallest absolute Gasteiger partial charge is 0.335 e. The van der Waals surface area contributed by atoms with E-state index in [9.17, 15) is 4.79 Å². The first-order valence-electron chi connectivity index (χ1n) is 3.52. The molecule has 0 aromatic heterocycles. The van der Waals surface area contributed by atoms with Gasteiger partial charge >= 0.3 is 5.97 Å². The van der Waals surface area contributed by atoms with Gasteiger partial charge in [-0.1, -0.05) is 0 Å². The van der Waals surface area contributed by atoms with Gasteiger partial charge in [0.25, 0.3) is 0 Å². The molecule has 2 saturated heterocycles. The number of ether oxygens (including phenoxy) is 2. The van der Waals surface area contributed by atoms with Crippen molar-refractivity contribution < 1.29 is 19.4 Å². The third kappa shape index (κ3) is 1.11. The largest absolute Gasteiger partial charge is 0.479 e. The molecule has 3 atom stereocenters. The van der Waals surface area contributed by atoms with E-state index in [1.54, 1.807) is 0 Å². The van der Waals surface area contributed by atoms with Gasteiger partial charge in [0.2, 0.25) is 0 Å². The van der Waals surface area contributed by atoms with Crippen LogP contribution in [-0.4, -0.2) is 42.7 Å². The fraction of sp³-hybridized carbons (Fsp3) is 0.833. The van der Waals surface area contributed by atoms with Crippen LogP contribution < -0.4 is 5.32 Å². The van der Waals surface area contributed by atoms with E-state index >= 15 is 0 Å². The lowest BCUT2D eigenvalue weighted by Crippen LogP contribution is -2.42. The Balaban J connectivity index is 2.08. The second-order valence-electron chi connectivity index (χ2n) is 2.66. The topological polar surface area (TPSA) is 67.8 Å². The third-order valence-electron chi connectivity index (χ3n) is 1.86. The molecule has 0 amide bonds. The van der Waals surface area contributed by atoms with E-state index in [1.807, 2.05) is 0 Å². The van der Waals surface area contributed by atoms with Gasteiger partial charge in [-0.3, -0.25) is 0 Å². The number of fused-ring (bicyclic) bond motifs is 2. The number of hydrogen-bond acceptors (Lipinski definition) is 4. The number of nitrogens with one attached hydrogen (secondary N) is 1. The van der Waals surface area contributed by atoms with Gasteiger partial charge < -0.3 is 19.9 Å². The van der Waals surface area contributed by atoms with Crippen LogP contribution in [0.4, 0.5) is 0 Å². The van der Waals surface area contributed by atoms with Crippen LogP contribution in [0.3, 0.4) is 0 Å². The van der Waals surface area contributed by atoms with Crippen LogP contribution in [0.2, 0.25) is 0 Å². The molecule has 0 spiro atoms. The molecular weight excluding hydrogens is 150 g/mol. The van der Waals surface area contributed by atoms with Gasteiger partial charge in [0.15, 0.2) is 12.4 Å². The van der Waals surface area contributed by atoms with Crippen LogP contribution in [-0.2, 0) is 14.3 Å². The first-order chi connectivity index (χ1) is 5.27. The molecule has 62 valence electrons. The minimum Gasteiger partial charge on any atom is -0.479 e. The zero-order valence-electron chi connectivity index (χ0n) is 5.82. The zero-order chi connectivity index (χ0) is 7.84. The van der Waals surface area contributed by atoms with Crippen molar-refractivity contribution in [1.82, 2.24) is 5.32 Å². The molecule has 0 aromatic carbocycles. The van der Waals surface area contributed by atoms with E-state index in [4.69, 9.17) is 14.6 Å². The van der Waals surface area contributed by atoms with Crippen molar-refractivity contribution in [2.75, 3.05) is 13.1 Å². The molecule has 3 unspecified atom stereocenters. The number of carbonyl (C=O) groups is 1. The third-order valence-corrected chi connectivity index (χ3v) is 1.86. The molecule has 2 aliphatic rings. The van der Waals surface area contributed by atoms with Gasteiger partial charge in [-0.2, -0.15) is 0 Å². The Bertz CT molecular complexity index is 183. The Morgan fingerprint density at radius 1 is 1.45 bits per heavy atom. The normalized spacial score (nSPS) is 42.4. The van der Waals surface area contributed by atoms with Gasteiger partial charge in [-0.05, 0) is 0 Å². The predicted molar refractivity (Wildman–Crippen MR) is 34.0 cm³/mol. The molecule has 2 N–H and O–H groups in total. The van der Waals surface area contributed by atoms with Crippen molar-refractivity contribution in [1.29, 1.82) is 0 Å². The molecule has 5 heteroatoms. The zero-order valence-corrected chi connectivity index (χ0v) is 5.82. The summed E-state index contributed by atoms with van der Waals surface area (Å²) < 4.78 is 10.3. The van der Waals surface area contributed by atoms with Crippen molar-refractivity contribution in [2.45, 2.75) is 18.5 Å². The van der Waals surface area contributed by atoms with Crippen molar-refractivity contribution in [3.63, 3.8) is 0 Å². The quantitative estimate of drug-likeness (QED) is 0.502. The van der Waals surface area contributed by atoms with Crippen LogP contribution in [0.1, 0.15) is 0 Å². The summed E-state index contributed by atoms with van der Waals surface area (Å²) >= 11 is 0.